The number of para-hydroxylation sites is 2. The molecule has 0 radical (unpaired) electrons. The van der Waals surface area contributed by atoms with Crippen molar-refractivity contribution in [2.45, 2.75) is 13.8 Å². The summed E-state index contributed by atoms with van der Waals surface area (Å²) in [6, 6.07) is 62.0. The Morgan fingerprint density at radius 3 is 1.04 bits per heavy atom. The summed E-state index contributed by atoms with van der Waals surface area (Å²) in [5.74, 6) is 0. The Bertz CT molecular complexity index is 2790. The minimum atomic E-state index is 1.15. The fourth-order valence-electron chi connectivity index (χ4n) is 8.47. The number of nitrogens with one attached hydrogen (secondary N) is 2. The van der Waals surface area contributed by atoms with Gasteiger partial charge in [-0.2, -0.15) is 0 Å². The highest BCUT2D eigenvalue weighted by Crippen LogP contribution is 2.49. The zero-order valence-corrected chi connectivity index (χ0v) is 29.2. The maximum Gasteiger partial charge on any atom is 0.0551 e. The monoisotopic (exact) mass is 664 g/mol. The summed E-state index contributed by atoms with van der Waals surface area (Å²) in [7, 11) is 0. The first kappa shape index (κ1) is 30.2. The molecule has 2 nitrogen and oxygen atoms in total. The van der Waals surface area contributed by atoms with Crippen LogP contribution in [0, 0.1) is 13.8 Å². The van der Waals surface area contributed by atoms with E-state index in [-0.39, 0.29) is 0 Å². The minimum Gasteiger partial charge on any atom is -0.354 e. The Labute approximate surface area is 303 Å². The summed E-state index contributed by atoms with van der Waals surface area (Å²) in [6.45, 7) is 4.42. The van der Waals surface area contributed by atoms with Crippen LogP contribution in [0.5, 0.6) is 0 Å². The third-order valence-electron chi connectivity index (χ3n) is 10.9. The van der Waals surface area contributed by atoms with Gasteiger partial charge in [0.15, 0.2) is 0 Å². The van der Waals surface area contributed by atoms with Gasteiger partial charge >= 0.3 is 0 Å². The second kappa shape index (κ2) is 12.0. The van der Waals surface area contributed by atoms with E-state index in [0.717, 1.165) is 22.1 Å². The standard InChI is InChI=1S/C50H36N2/c1-31-15-3-5-17-33(31)41-27-29-43-37-21-11-13-25-45(37)51-49(43)47(41)39-23-9-7-19-35(39)36-20-8-10-24-40(36)48-42(34-18-6-4-16-32(34)2)28-30-44-38-22-12-14-26-46(38)52-50(44)48/h3-30,51-52H,1-2H3. The van der Waals surface area contributed by atoms with Gasteiger partial charge in [-0.3, -0.25) is 0 Å². The Morgan fingerprint density at radius 1 is 0.269 bits per heavy atom. The zero-order valence-electron chi connectivity index (χ0n) is 29.2. The van der Waals surface area contributed by atoms with Crippen molar-refractivity contribution in [2.24, 2.45) is 0 Å². The van der Waals surface area contributed by atoms with E-state index >= 15 is 0 Å². The van der Waals surface area contributed by atoms with E-state index in [1.165, 1.54) is 88.3 Å². The smallest absolute Gasteiger partial charge is 0.0551 e. The van der Waals surface area contributed by atoms with Crippen LogP contribution < -0.4 is 0 Å². The number of aromatic nitrogens is 2. The second-order valence-electron chi connectivity index (χ2n) is 13.9. The lowest BCUT2D eigenvalue weighted by molar-refractivity contribution is 1.45. The third-order valence-corrected chi connectivity index (χ3v) is 10.9. The highest BCUT2D eigenvalue weighted by molar-refractivity contribution is 6.18. The van der Waals surface area contributed by atoms with Gasteiger partial charge < -0.3 is 9.97 Å². The number of aryl methyl sites for hydroxylation is 2. The molecular weight excluding hydrogens is 629 g/mol. The molecule has 10 aromatic rings. The highest BCUT2D eigenvalue weighted by Gasteiger charge is 2.23. The van der Waals surface area contributed by atoms with Crippen LogP contribution in [0.3, 0.4) is 0 Å². The molecule has 0 unspecified atom stereocenters. The van der Waals surface area contributed by atoms with Crippen molar-refractivity contribution >= 4 is 43.6 Å². The maximum atomic E-state index is 3.87. The zero-order chi connectivity index (χ0) is 34.8. The molecular formula is C50H36N2. The van der Waals surface area contributed by atoms with Crippen LogP contribution >= 0.6 is 0 Å². The molecule has 0 fully saturated rings. The summed E-state index contributed by atoms with van der Waals surface area (Å²) in [5.41, 5.74) is 19.3. The molecule has 2 aromatic heterocycles. The van der Waals surface area contributed by atoms with Gasteiger partial charge in [-0.1, -0.05) is 158 Å². The van der Waals surface area contributed by atoms with E-state index in [0.29, 0.717) is 0 Å². The van der Waals surface area contributed by atoms with Crippen molar-refractivity contribution in [1.29, 1.82) is 0 Å². The van der Waals surface area contributed by atoms with E-state index in [9.17, 15) is 0 Å². The average Bonchev–Trinajstić information content (AvgIpc) is 3.76. The Balaban J connectivity index is 1.31. The number of fused-ring (bicyclic) bond motifs is 6. The van der Waals surface area contributed by atoms with Gasteiger partial charge in [-0.25, -0.2) is 0 Å². The first-order chi connectivity index (χ1) is 25.7. The third kappa shape index (κ3) is 4.65. The largest absolute Gasteiger partial charge is 0.354 e. The van der Waals surface area contributed by atoms with Crippen molar-refractivity contribution in [3.8, 4) is 55.6 Å². The van der Waals surface area contributed by atoms with E-state index in [4.69, 9.17) is 0 Å². The van der Waals surface area contributed by atoms with Crippen molar-refractivity contribution in [1.82, 2.24) is 9.97 Å². The van der Waals surface area contributed by atoms with Crippen molar-refractivity contribution in [3.63, 3.8) is 0 Å². The normalized spacial score (nSPS) is 11.7. The van der Waals surface area contributed by atoms with Gasteiger partial charge in [0.05, 0.1) is 11.0 Å². The minimum absolute atomic E-state index is 1.15. The van der Waals surface area contributed by atoms with Gasteiger partial charge in [-0.05, 0) is 81.6 Å². The van der Waals surface area contributed by atoms with Gasteiger partial charge in [0, 0.05) is 43.7 Å². The molecule has 0 amide bonds. The van der Waals surface area contributed by atoms with Gasteiger partial charge in [0.1, 0.15) is 0 Å². The van der Waals surface area contributed by atoms with Crippen LogP contribution in [-0.4, -0.2) is 9.97 Å². The van der Waals surface area contributed by atoms with E-state index < -0.39 is 0 Å². The number of rotatable bonds is 5. The predicted molar refractivity (Wildman–Crippen MR) is 222 cm³/mol. The Morgan fingerprint density at radius 2 is 0.615 bits per heavy atom. The Kier molecular flexibility index (Phi) is 6.97. The number of benzene rings is 8. The average molecular weight is 665 g/mol. The van der Waals surface area contributed by atoms with Crippen LogP contribution in [-0.2, 0) is 0 Å². The molecule has 10 rings (SSSR count). The molecule has 0 atom stereocenters. The van der Waals surface area contributed by atoms with Gasteiger partial charge in [0.2, 0.25) is 0 Å². The SMILES string of the molecule is Cc1ccccc1-c1ccc2c([nH]c3ccccc32)c1-c1ccccc1-c1ccccc1-c1c(-c2ccccc2C)ccc2c1[nH]c1ccccc12. The molecule has 2 N–H and O–H groups in total. The first-order valence-electron chi connectivity index (χ1n) is 18.0. The number of hydrogen-bond acceptors (Lipinski definition) is 0. The lowest BCUT2D eigenvalue weighted by Gasteiger charge is -2.21. The van der Waals surface area contributed by atoms with Crippen molar-refractivity contribution in [3.05, 3.63) is 181 Å². The molecule has 52 heavy (non-hydrogen) atoms. The summed E-state index contributed by atoms with van der Waals surface area (Å²) in [6.07, 6.45) is 0. The molecule has 0 saturated carbocycles. The summed E-state index contributed by atoms with van der Waals surface area (Å²) in [5, 5.41) is 4.94. The lowest BCUT2D eigenvalue weighted by atomic mass is 9.83. The van der Waals surface area contributed by atoms with Crippen LogP contribution in [0.4, 0.5) is 0 Å². The predicted octanol–water partition coefficient (Wildman–Crippen LogP) is 13.9. The van der Waals surface area contributed by atoms with E-state index in [1.54, 1.807) is 0 Å². The molecule has 0 spiro atoms. The fraction of sp³-hybridized carbons (Fsp3) is 0.0400. The summed E-state index contributed by atoms with van der Waals surface area (Å²) < 4.78 is 0. The molecule has 2 heterocycles. The van der Waals surface area contributed by atoms with Crippen LogP contribution in [0.2, 0.25) is 0 Å². The number of aromatic amines is 2. The number of hydrogen-bond donors (Lipinski definition) is 2. The summed E-state index contributed by atoms with van der Waals surface area (Å²) >= 11 is 0. The molecule has 0 aliphatic heterocycles. The van der Waals surface area contributed by atoms with Crippen LogP contribution in [0.25, 0.3) is 99.2 Å². The second-order valence-corrected chi connectivity index (χ2v) is 13.9. The fourth-order valence-corrected chi connectivity index (χ4v) is 8.47. The van der Waals surface area contributed by atoms with Crippen molar-refractivity contribution in [2.75, 3.05) is 0 Å². The summed E-state index contributed by atoms with van der Waals surface area (Å²) in [4.78, 5) is 7.74. The van der Waals surface area contributed by atoms with E-state index in [1.807, 2.05) is 0 Å². The van der Waals surface area contributed by atoms with Crippen LogP contribution in [0.15, 0.2) is 170 Å². The molecule has 2 heteroatoms. The Hall–Kier alpha value is -6.64. The molecule has 0 bridgehead atoms. The first-order valence-corrected chi connectivity index (χ1v) is 18.0. The molecule has 246 valence electrons. The maximum absolute atomic E-state index is 3.87. The van der Waals surface area contributed by atoms with Gasteiger partial charge in [-0.15, -0.1) is 0 Å². The molecule has 0 aliphatic rings. The molecule has 0 aliphatic carbocycles. The molecule has 8 aromatic carbocycles. The lowest BCUT2D eigenvalue weighted by Crippen LogP contribution is -1.95. The van der Waals surface area contributed by atoms with Crippen LogP contribution in [0.1, 0.15) is 11.1 Å². The molecule has 0 saturated heterocycles. The number of H-pyrrole nitrogens is 2. The van der Waals surface area contributed by atoms with Gasteiger partial charge in [0.25, 0.3) is 0 Å². The van der Waals surface area contributed by atoms with Crippen molar-refractivity contribution < 1.29 is 0 Å². The van der Waals surface area contributed by atoms with E-state index in [2.05, 4.69) is 194 Å². The highest BCUT2D eigenvalue weighted by atomic mass is 14.7. The topological polar surface area (TPSA) is 31.6 Å². The quantitative estimate of drug-likeness (QED) is 0.184.